The summed E-state index contributed by atoms with van der Waals surface area (Å²) in [6.45, 7) is 0.194. The molecule has 4 aromatic rings. The molecule has 4 rings (SSSR count). The third-order valence-electron chi connectivity index (χ3n) is 4.48. The van der Waals surface area contributed by atoms with Crippen LogP contribution in [-0.4, -0.2) is 25.6 Å². The van der Waals surface area contributed by atoms with Gasteiger partial charge in [-0.2, -0.15) is 0 Å². The highest BCUT2D eigenvalue weighted by molar-refractivity contribution is 7.99. The van der Waals surface area contributed by atoms with Crippen LogP contribution in [0.1, 0.15) is 16.1 Å². The van der Waals surface area contributed by atoms with Crippen LogP contribution in [0.2, 0.25) is 0 Å². The first-order valence-electron chi connectivity index (χ1n) is 9.22. The molecule has 0 radical (unpaired) electrons. The van der Waals surface area contributed by atoms with Gasteiger partial charge in [-0.05, 0) is 48.2 Å². The van der Waals surface area contributed by atoms with Crippen molar-refractivity contribution in [3.63, 3.8) is 0 Å². The predicted molar refractivity (Wildman–Crippen MR) is 114 cm³/mol. The van der Waals surface area contributed by atoms with E-state index in [0.717, 1.165) is 11.8 Å². The van der Waals surface area contributed by atoms with Crippen LogP contribution in [0.4, 0.5) is 11.4 Å². The molecule has 0 N–H and O–H groups in total. The number of nitrogens with zero attached hydrogens (tertiary/aromatic N) is 5. The molecule has 2 aromatic carbocycles. The summed E-state index contributed by atoms with van der Waals surface area (Å²) >= 11 is 1.11. The quantitative estimate of drug-likeness (QED) is 0.314. The number of hydrogen-bond donors (Lipinski definition) is 0. The molecule has 1 amide bonds. The minimum atomic E-state index is -0.505. The van der Waals surface area contributed by atoms with Gasteiger partial charge in [0.2, 0.25) is 0 Å². The van der Waals surface area contributed by atoms with E-state index in [1.165, 1.54) is 23.6 Å². The number of furan rings is 1. The SMILES string of the molecule is Cn1cnnc1Sc1ccc(C(=O)N(Cc2ccco2)c2ccccc2)cc1[N+](=O)[O-]. The number of benzene rings is 2. The molecule has 0 saturated heterocycles. The fourth-order valence-corrected chi connectivity index (χ4v) is 3.80. The fraction of sp³-hybridized carbons (Fsp3) is 0.0952. The van der Waals surface area contributed by atoms with Crippen molar-refractivity contribution >= 4 is 29.0 Å². The van der Waals surface area contributed by atoms with Crippen LogP contribution in [-0.2, 0) is 13.6 Å². The van der Waals surface area contributed by atoms with Crippen LogP contribution in [0.5, 0.6) is 0 Å². The molecule has 0 unspecified atom stereocenters. The standard InChI is InChI=1S/C21H17N5O4S/c1-24-14-22-23-21(24)31-19-10-9-15(12-18(19)26(28)29)20(27)25(13-17-8-5-11-30-17)16-6-3-2-4-7-16/h2-12,14H,13H2,1H3. The lowest BCUT2D eigenvalue weighted by atomic mass is 10.1. The molecule has 10 heteroatoms. The van der Waals surface area contributed by atoms with Crippen LogP contribution in [0.25, 0.3) is 0 Å². The Kier molecular flexibility index (Phi) is 5.80. The van der Waals surface area contributed by atoms with E-state index in [4.69, 9.17) is 4.42 Å². The van der Waals surface area contributed by atoms with E-state index in [1.807, 2.05) is 18.2 Å². The monoisotopic (exact) mass is 435 g/mol. The maximum atomic E-state index is 13.4. The van der Waals surface area contributed by atoms with Crippen molar-refractivity contribution in [3.05, 3.63) is 94.7 Å². The molecule has 0 aliphatic heterocycles. The molecule has 31 heavy (non-hydrogen) atoms. The molecule has 2 heterocycles. The van der Waals surface area contributed by atoms with Crippen molar-refractivity contribution in [3.8, 4) is 0 Å². The highest BCUT2D eigenvalue weighted by Gasteiger charge is 2.24. The molecule has 2 aromatic heterocycles. The van der Waals surface area contributed by atoms with Crippen molar-refractivity contribution in [1.82, 2.24) is 14.8 Å². The zero-order chi connectivity index (χ0) is 21.8. The van der Waals surface area contributed by atoms with Gasteiger partial charge in [-0.15, -0.1) is 10.2 Å². The molecular weight excluding hydrogens is 418 g/mol. The molecule has 9 nitrogen and oxygen atoms in total. The summed E-state index contributed by atoms with van der Waals surface area (Å²) in [7, 11) is 1.75. The first kappa shape index (κ1) is 20.4. The minimum Gasteiger partial charge on any atom is -0.467 e. The fourth-order valence-electron chi connectivity index (χ4n) is 2.95. The number of aryl methyl sites for hydroxylation is 1. The lowest BCUT2D eigenvalue weighted by Crippen LogP contribution is -2.30. The van der Waals surface area contributed by atoms with E-state index >= 15 is 0 Å². The van der Waals surface area contributed by atoms with E-state index in [2.05, 4.69) is 10.2 Å². The second-order valence-electron chi connectivity index (χ2n) is 6.57. The third-order valence-corrected chi connectivity index (χ3v) is 5.60. The number of aromatic nitrogens is 3. The van der Waals surface area contributed by atoms with Gasteiger partial charge in [0.25, 0.3) is 11.6 Å². The molecule has 0 bridgehead atoms. The Morgan fingerprint density at radius 1 is 1.19 bits per heavy atom. The van der Waals surface area contributed by atoms with Crippen LogP contribution in [0.3, 0.4) is 0 Å². The zero-order valence-electron chi connectivity index (χ0n) is 16.4. The summed E-state index contributed by atoms with van der Waals surface area (Å²) in [5.74, 6) is 0.224. The van der Waals surface area contributed by atoms with Crippen molar-refractivity contribution in [1.29, 1.82) is 0 Å². The summed E-state index contributed by atoms with van der Waals surface area (Å²) in [6, 6.07) is 17.0. The summed E-state index contributed by atoms with van der Waals surface area (Å²) < 4.78 is 7.06. The van der Waals surface area contributed by atoms with Gasteiger partial charge in [0.1, 0.15) is 12.1 Å². The second-order valence-corrected chi connectivity index (χ2v) is 7.58. The van der Waals surface area contributed by atoms with Gasteiger partial charge in [0.15, 0.2) is 5.16 Å². The summed E-state index contributed by atoms with van der Waals surface area (Å²) in [5, 5.41) is 20.0. The number of carbonyl (C=O) groups excluding carboxylic acids is 1. The summed E-state index contributed by atoms with van der Waals surface area (Å²) in [5.41, 5.74) is 0.679. The molecule has 0 atom stereocenters. The van der Waals surface area contributed by atoms with E-state index in [1.54, 1.807) is 48.0 Å². The van der Waals surface area contributed by atoms with Crippen LogP contribution >= 0.6 is 11.8 Å². The molecule has 0 fully saturated rings. The van der Waals surface area contributed by atoms with Crippen LogP contribution in [0, 0.1) is 10.1 Å². The number of nitro benzene ring substituents is 1. The summed E-state index contributed by atoms with van der Waals surface area (Å²) in [4.78, 5) is 26.5. The Bertz CT molecular complexity index is 1210. The van der Waals surface area contributed by atoms with E-state index < -0.39 is 4.92 Å². The van der Waals surface area contributed by atoms with Gasteiger partial charge in [0, 0.05) is 24.4 Å². The topological polar surface area (TPSA) is 107 Å². The lowest BCUT2D eigenvalue weighted by molar-refractivity contribution is -0.387. The van der Waals surface area contributed by atoms with Gasteiger partial charge in [-0.25, -0.2) is 0 Å². The van der Waals surface area contributed by atoms with Gasteiger partial charge >= 0.3 is 0 Å². The number of anilines is 1. The number of amides is 1. The first-order valence-corrected chi connectivity index (χ1v) is 10.0. The Hall–Kier alpha value is -3.92. The van der Waals surface area contributed by atoms with E-state index in [0.29, 0.717) is 21.5 Å². The minimum absolute atomic E-state index is 0.176. The van der Waals surface area contributed by atoms with Crippen molar-refractivity contribution in [2.24, 2.45) is 7.05 Å². The van der Waals surface area contributed by atoms with Crippen molar-refractivity contribution in [2.45, 2.75) is 16.6 Å². The zero-order valence-corrected chi connectivity index (χ0v) is 17.2. The number of nitro groups is 1. The van der Waals surface area contributed by atoms with Crippen LogP contribution in [0.15, 0.2) is 87.7 Å². The molecule has 156 valence electrons. The number of rotatable bonds is 7. The Morgan fingerprint density at radius 2 is 2.00 bits per heavy atom. The van der Waals surface area contributed by atoms with Crippen LogP contribution < -0.4 is 4.90 Å². The Morgan fingerprint density at radius 3 is 2.65 bits per heavy atom. The number of hydrogen-bond acceptors (Lipinski definition) is 7. The molecular formula is C21H17N5O4S. The summed E-state index contributed by atoms with van der Waals surface area (Å²) in [6.07, 6.45) is 3.05. The van der Waals surface area contributed by atoms with Gasteiger partial charge < -0.3 is 13.9 Å². The average Bonchev–Trinajstić information content (AvgIpc) is 3.44. The smallest absolute Gasteiger partial charge is 0.284 e. The van der Waals surface area contributed by atoms with E-state index in [9.17, 15) is 14.9 Å². The molecule has 0 saturated carbocycles. The molecule has 0 aliphatic rings. The first-order chi connectivity index (χ1) is 15.0. The van der Waals surface area contributed by atoms with Crippen molar-refractivity contribution in [2.75, 3.05) is 4.90 Å². The second kappa shape index (κ2) is 8.84. The maximum absolute atomic E-state index is 13.4. The van der Waals surface area contributed by atoms with Gasteiger partial charge in [-0.1, -0.05) is 18.2 Å². The third kappa shape index (κ3) is 4.48. The molecule has 0 spiro atoms. The normalized spacial score (nSPS) is 10.7. The number of para-hydroxylation sites is 1. The maximum Gasteiger partial charge on any atom is 0.284 e. The predicted octanol–water partition coefficient (Wildman–Crippen LogP) is 4.31. The van der Waals surface area contributed by atoms with Gasteiger partial charge in [0.05, 0.1) is 22.6 Å². The lowest BCUT2D eigenvalue weighted by Gasteiger charge is -2.22. The number of carbonyl (C=O) groups is 1. The van der Waals surface area contributed by atoms with E-state index in [-0.39, 0.29) is 23.7 Å². The highest BCUT2D eigenvalue weighted by Crippen LogP contribution is 2.34. The van der Waals surface area contributed by atoms with Gasteiger partial charge in [-0.3, -0.25) is 14.9 Å². The Labute approximate surface area is 181 Å². The molecule has 0 aliphatic carbocycles. The van der Waals surface area contributed by atoms with Crippen molar-refractivity contribution < 1.29 is 14.1 Å². The highest BCUT2D eigenvalue weighted by atomic mass is 32.2. The largest absolute Gasteiger partial charge is 0.467 e. The average molecular weight is 435 g/mol. The Balaban J connectivity index is 1.69.